The van der Waals surface area contributed by atoms with Crippen molar-refractivity contribution in [2.24, 2.45) is 16.0 Å². The van der Waals surface area contributed by atoms with Crippen LogP contribution in [0.15, 0.2) is 39.8 Å². The number of allylic oxidation sites excluding steroid dienone is 1. The van der Waals surface area contributed by atoms with Crippen LogP contribution in [0.4, 0.5) is 5.69 Å². The van der Waals surface area contributed by atoms with Gasteiger partial charge in [-0.15, -0.1) is 4.40 Å². The molecule has 10 heteroatoms. The summed E-state index contributed by atoms with van der Waals surface area (Å²) >= 11 is 0. The molecule has 0 saturated carbocycles. The van der Waals surface area contributed by atoms with Gasteiger partial charge in [-0.1, -0.05) is 13.0 Å². The number of nitrogens with two attached hydrogens (primary N) is 1. The molecule has 0 aromatic heterocycles. The number of anilines is 1. The lowest BCUT2D eigenvalue weighted by atomic mass is 10.0. The van der Waals surface area contributed by atoms with Crippen LogP contribution in [0, 0.1) is 17.2 Å². The summed E-state index contributed by atoms with van der Waals surface area (Å²) in [6, 6.07) is 5.87. The summed E-state index contributed by atoms with van der Waals surface area (Å²) in [5.74, 6) is -2.36. The molecule has 0 unspecified atom stereocenters. The number of carbonyl (C=O) groups is 2. The third-order valence-corrected chi connectivity index (χ3v) is 6.08. The van der Waals surface area contributed by atoms with Crippen molar-refractivity contribution in [1.82, 2.24) is 0 Å². The zero-order chi connectivity index (χ0) is 21.2. The second-order valence-electron chi connectivity index (χ2n) is 6.81. The molecule has 0 aliphatic carbocycles. The summed E-state index contributed by atoms with van der Waals surface area (Å²) in [7, 11) is -3.94. The molecule has 29 heavy (non-hydrogen) atoms. The Morgan fingerprint density at radius 2 is 2.10 bits per heavy atom. The highest BCUT2D eigenvalue weighted by Gasteiger charge is 2.32. The number of fused-ring (bicyclic) bond motifs is 3. The molecular formula is C19H20N4O5S. The van der Waals surface area contributed by atoms with E-state index in [0.29, 0.717) is 24.5 Å². The van der Waals surface area contributed by atoms with E-state index >= 15 is 0 Å². The lowest BCUT2D eigenvalue weighted by Crippen LogP contribution is -2.35. The van der Waals surface area contributed by atoms with Crippen molar-refractivity contribution in [3.63, 3.8) is 0 Å². The van der Waals surface area contributed by atoms with Gasteiger partial charge in [-0.25, -0.2) is 4.79 Å². The van der Waals surface area contributed by atoms with Crippen LogP contribution < -0.4 is 10.6 Å². The first kappa shape index (κ1) is 20.5. The minimum absolute atomic E-state index is 0.0336. The lowest BCUT2D eigenvalue weighted by molar-refractivity contribution is -0.123. The zero-order valence-electron chi connectivity index (χ0n) is 15.6. The Kier molecular flexibility index (Phi) is 5.70. The highest BCUT2D eigenvalue weighted by molar-refractivity contribution is 7.90. The van der Waals surface area contributed by atoms with Crippen LogP contribution in [0.3, 0.4) is 0 Å². The van der Waals surface area contributed by atoms with E-state index in [9.17, 15) is 18.0 Å². The van der Waals surface area contributed by atoms with E-state index in [1.807, 2.05) is 4.90 Å². The van der Waals surface area contributed by atoms with Gasteiger partial charge in [0.1, 0.15) is 16.6 Å². The fraction of sp³-hybridized carbons (Fsp3) is 0.368. The Hall–Kier alpha value is -3.19. The molecule has 1 saturated heterocycles. The van der Waals surface area contributed by atoms with Crippen LogP contribution in [0.1, 0.15) is 36.0 Å². The monoisotopic (exact) mass is 416 g/mol. The number of benzene rings is 1. The number of rotatable bonds is 5. The summed E-state index contributed by atoms with van der Waals surface area (Å²) in [4.78, 5) is 26.0. The number of sulfonamides is 1. The first-order valence-electron chi connectivity index (χ1n) is 9.04. The van der Waals surface area contributed by atoms with Gasteiger partial charge >= 0.3 is 5.97 Å². The highest BCUT2D eigenvalue weighted by Crippen LogP contribution is 2.35. The molecule has 2 heterocycles. The molecule has 1 fully saturated rings. The SMILES string of the molecule is C=C(N)[C@@H](C#N)C(=O)COC(=O)c1ccc2c(c1)S(=O)(=O)N=C1CCCCCN12. The molecule has 0 bridgehead atoms. The smallest absolute Gasteiger partial charge is 0.338 e. The van der Waals surface area contributed by atoms with Gasteiger partial charge in [0.2, 0.25) is 0 Å². The van der Waals surface area contributed by atoms with Crippen molar-refractivity contribution >= 4 is 33.3 Å². The van der Waals surface area contributed by atoms with E-state index in [0.717, 1.165) is 19.3 Å². The minimum Gasteiger partial charge on any atom is -0.454 e. The summed E-state index contributed by atoms with van der Waals surface area (Å²) in [6.45, 7) is 3.32. The molecule has 2 aliphatic heterocycles. The molecule has 1 aromatic carbocycles. The fourth-order valence-corrected chi connectivity index (χ4v) is 4.56. The van der Waals surface area contributed by atoms with E-state index in [4.69, 9.17) is 15.7 Å². The molecule has 9 nitrogen and oxygen atoms in total. The van der Waals surface area contributed by atoms with Crippen molar-refractivity contribution in [2.75, 3.05) is 18.1 Å². The van der Waals surface area contributed by atoms with E-state index in [1.54, 1.807) is 12.1 Å². The molecule has 0 radical (unpaired) electrons. The van der Waals surface area contributed by atoms with Crippen molar-refractivity contribution in [2.45, 2.75) is 30.6 Å². The van der Waals surface area contributed by atoms with Crippen LogP contribution in [-0.4, -0.2) is 39.2 Å². The first-order valence-corrected chi connectivity index (χ1v) is 10.5. The molecular weight excluding hydrogens is 396 g/mol. The van der Waals surface area contributed by atoms with Crippen LogP contribution >= 0.6 is 0 Å². The van der Waals surface area contributed by atoms with Crippen LogP contribution in [-0.2, 0) is 19.6 Å². The molecule has 2 aliphatic rings. The van der Waals surface area contributed by atoms with E-state index in [-0.39, 0.29) is 16.2 Å². The number of hydrogen-bond donors (Lipinski definition) is 1. The first-order chi connectivity index (χ1) is 13.7. The third-order valence-electron chi connectivity index (χ3n) is 4.75. The molecule has 0 spiro atoms. The predicted octanol–water partition coefficient (Wildman–Crippen LogP) is 1.51. The zero-order valence-corrected chi connectivity index (χ0v) is 16.4. The van der Waals surface area contributed by atoms with Gasteiger partial charge in [0.25, 0.3) is 10.0 Å². The predicted molar refractivity (Wildman–Crippen MR) is 105 cm³/mol. The van der Waals surface area contributed by atoms with Gasteiger partial charge in [-0.3, -0.25) is 4.79 Å². The second-order valence-corrected chi connectivity index (χ2v) is 8.38. The third kappa shape index (κ3) is 4.14. The Bertz CT molecular complexity index is 1050. The Morgan fingerprint density at radius 3 is 2.79 bits per heavy atom. The van der Waals surface area contributed by atoms with Gasteiger partial charge in [0.15, 0.2) is 12.4 Å². The average Bonchev–Trinajstić information content (AvgIpc) is 2.91. The number of esters is 1. The molecule has 1 atom stereocenters. The maximum Gasteiger partial charge on any atom is 0.338 e. The van der Waals surface area contributed by atoms with Crippen LogP contribution in [0.2, 0.25) is 0 Å². The van der Waals surface area contributed by atoms with E-state index in [1.165, 1.54) is 12.1 Å². The Labute approximate surface area is 168 Å². The quantitative estimate of drug-likeness (QED) is 0.712. The molecule has 2 N–H and O–H groups in total. The van der Waals surface area contributed by atoms with Gasteiger partial charge in [-0.05, 0) is 31.0 Å². The summed E-state index contributed by atoms with van der Waals surface area (Å²) in [6.07, 6.45) is 3.35. The molecule has 3 rings (SSSR count). The number of nitriles is 1. The van der Waals surface area contributed by atoms with Crippen LogP contribution in [0.25, 0.3) is 0 Å². The van der Waals surface area contributed by atoms with Crippen molar-refractivity contribution in [3.8, 4) is 6.07 Å². The number of carbonyl (C=O) groups excluding carboxylic acids is 2. The highest BCUT2D eigenvalue weighted by atomic mass is 32.2. The van der Waals surface area contributed by atoms with Gasteiger partial charge in [0.05, 0.1) is 17.3 Å². The Balaban J connectivity index is 1.83. The minimum atomic E-state index is -3.94. The van der Waals surface area contributed by atoms with Gasteiger partial charge < -0.3 is 15.4 Å². The molecule has 152 valence electrons. The van der Waals surface area contributed by atoms with Crippen molar-refractivity contribution in [1.29, 1.82) is 5.26 Å². The number of nitrogens with zero attached hydrogens (tertiary/aromatic N) is 3. The standard InChI is InChI=1S/C19H20N4O5S/c1-12(21)14(10-20)16(24)11-28-19(25)13-6-7-15-17(9-13)29(26,27)22-18-5-3-2-4-8-23(15)18/h6-7,9,14H,1-5,8,11,21H2/t14-/m1/s1. The number of ether oxygens (including phenoxy) is 1. The van der Waals surface area contributed by atoms with E-state index in [2.05, 4.69) is 11.0 Å². The largest absolute Gasteiger partial charge is 0.454 e. The van der Waals surface area contributed by atoms with Crippen molar-refractivity contribution in [3.05, 3.63) is 36.0 Å². The summed E-state index contributed by atoms with van der Waals surface area (Å²) < 4.78 is 34.1. The summed E-state index contributed by atoms with van der Waals surface area (Å²) in [5.41, 5.74) is 5.68. The van der Waals surface area contributed by atoms with Crippen molar-refractivity contribution < 1.29 is 22.7 Å². The molecule has 0 amide bonds. The van der Waals surface area contributed by atoms with E-state index < -0.39 is 34.3 Å². The maximum absolute atomic E-state index is 12.6. The van der Waals surface area contributed by atoms with Gasteiger partial charge in [-0.2, -0.15) is 13.7 Å². The number of ketones is 1. The lowest BCUT2D eigenvalue weighted by Gasteiger charge is -2.29. The molecule has 1 aromatic rings. The fourth-order valence-electron chi connectivity index (χ4n) is 3.27. The number of hydrogen-bond acceptors (Lipinski definition) is 8. The average molecular weight is 416 g/mol. The normalized spacial score (nSPS) is 18.2. The Morgan fingerprint density at radius 1 is 1.34 bits per heavy atom. The second kappa shape index (κ2) is 8.05. The van der Waals surface area contributed by atoms with Crippen LogP contribution in [0.5, 0.6) is 0 Å². The maximum atomic E-state index is 12.6. The number of amidine groups is 1. The topological polar surface area (TPSA) is 143 Å². The summed E-state index contributed by atoms with van der Waals surface area (Å²) in [5, 5.41) is 8.92. The number of Topliss-reactive ketones (excluding diaryl/α,β-unsaturated/α-hetero) is 1. The van der Waals surface area contributed by atoms with Gasteiger partial charge in [0, 0.05) is 18.7 Å².